The summed E-state index contributed by atoms with van der Waals surface area (Å²) in [4.78, 5) is 4.33. The number of hydrogen-bond acceptors (Lipinski definition) is 2. The number of aromatic nitrogens is 1. The number of rotatable bonds is 1. The molecular formula is C20H11IrN2-. The average Bonchev–Trinajstić information content (AvgIpc) is 2.61. The monoisotopic (exact) mass is 473 g/mol. The first-order valence-corrected chi connectivity index (χ1v) is 6.96. The molecule has 23 heavy (non-hydrogen) atoms. The molecule has 0 aliphatic heterocycles. The van der Waals surface area contributed by atoms with Gasteiger partial charge in [-0.1, -0.05) is 53.2 Å². The van der Waals surface area contributed by atoms with Crippen LogP contribution in [-0.2, 0) is 20.1 Å². The number of fused-ring (bicyclic) bond motifs is 3. The molecule has 0 N–H and O–H groups in total. The number of hydrogen-bond donors (Lipinski definition) is 0. The van der Waals surface area contributed by atoms with E-state index in [1.54, 1.807) is 24.4 Å². The van der Waals surface area contributed by atoms with Gasteiger partial charge in [-0.25, -0.2) is 0 Å². The van der Waals surface area contributed by atoms with Gasteiger partial charge in [0.2, 0.25) is 0 Å². The summed E-state index contributed by atoms with van der Waals surface area (Å²) in [5.74, 6) is 0. The molecule has 0 amide bonds. The molecule has 1 radical (unpaired) electrons. The molecule has 0 fully saturated rings. The van der Waals surface area contributed by atoms with Crippen LogP contribution in [0.1, 0.15) is 6.93 Å². The number of nitrogens with zero attached hydrogens (tertiary/aromatic N) is 2. The molecule has 0 bridgehead atoms. The molecule has 1 aromatic heterocycles. The van der Waals surface area contributed by atoms with E-state index in [1.165, 1.54) is 0 Å². The molecule has 111 valence electrons. The number of pyridine rings is 1. The fraction of sp³-hybridized carbons (Fsp3) is 0. The molecule has 4 aromatic rings. The Kier molecular flexibility index (Phi) is 3.86. The van der Waals surface area contributed by atoms with Gasteiger partial charge in [0.15, 0.2) is 0 Å². The van der Waals surface area contributed by atoms with Gasteiger partial charge in [-0.2, -0.15) is 5.26 Å². The Labute approximate surface area is 149 Å². The van der Waals surface area contributed by atoms with Crippen molar-refractivity contribution in [2.75, 3.05) is 0 Å². The Morgan fingerprint density at radius 2 is 1.91 bits per heavy atom. The third-order valence-corrected chi connectivity index (χ3v) is 3.78. The van der Waals surface area contributed by atoms with E-state index in [2.05, 4.69) is 17.1 Å². The maximum absolute atomic E-state index is 9.02. The van der Waals surface area contributed by atoms with Crippen molar-refractivity contribution < 1.29 is 21.5 Å². The van der Waals surface area contributed by atoms with Crippen molar-refractivity contribution in [1.82, 2.24) is 4.98 Å². The van der Waals surface area contributed by atoms with E-state index >= 15 is 0 Å². The third kappa shape index (κ3) is 2.75. The van der Waals surface area contributed by atoms with E-state index in [1.807, 2.05) is 36.4 Å². The first-order chi connectivity index (χ1) is 11.2. The molecule has 4 rings (SSSR count). The van der Waals surface area contributed by atoms with Crippen LogP contribution in [0.3, 0.4) is 0 Å². The summed E-state index contributed by atoms with van der Waals surface area (Å²) >= 11 is 0. The standard InChI is InChI=1S/C20H11N2.Ir/c21-13-14-9-10-22-20(11-14)17-7-8-19-16(12-17)6-5-15-3-1-2-4-18(15)19;/h1-6,8-12H;/q-1;/i1D;. The van der Waals surface area contributed by atoms with Crippen molar-refractivity contribution in [1.29, 1.82) is 5.26 Å². The first-order valence-electron chi connectivity index (χ1n) is 7.46. The van der Waals surface area contributed by atoms with Crippen LogP contribution in [-0.4, -0.2) is 4.98 Å². The van der Waals surface area contributed by atoms with Gasteiger partial charge in [0, 0.05) is 31.9 Å². The molecule has 0 atom stereocenters. The van der Waals surface area contributed by atoms with Gasteiger partial charge in [-0.3, -0.25) is 0 Å². The summed E-state index contributed by atoms with van der Waals surface area (Å²) < 4.78 is 7.73. The summed E-state index contributed by atoms with van der Waals surface area (Å²) in [6.07, 6.45) is 1.64. The minimum Gasteiger partial charge on any atom is -0.305 e. The van der Waals surface area contributed by atoms with Crippen molar-refractivity contribution in [2.45, 2.75) is 0 Å². The van der Waals surface area contributed by atoms with Crippen LogP contribution in [0.5, 0.6) is 0 Å². The van der Waals surface area contributed by atoms with Gasteiger partial charge in [0.1, 0.15) is 0 Å². The van der Waals surface area contributed by atoms with E-state index in [0.717, 1.165) is 32.8 Å². The van der Waals surface area contributed by atoms with Crippen LogP contribution < -0.4 is 0 Å². The summed E-state index contributed by atoms with van der Waals surface area (Å²) in [6, 6.07) is 23.1. The van der Waals surface area contributed by atoms with Crippen LogP contribution in [0.25, 0.3) is 32.8 Å². The normalized spacial score (nSPS) is 10.8. The summed E-state index contributed by atoms with van der Waals surface area (Å²) in [6.45, 7) is 0. The Balaban J connectivity index is 0.00000169. The van der Waals surface area contributed by atoms with Crippen LogP contribution in [0.4, 0.5) is 0 Å². The molecule has 1 heterocycles. The number of benzene rings is 3. The Morgan fingerprint density at radius 3 is 2.78 bits per heavy atom. The Bertz CT molecular complexity index is 1100. The molecule has 0 aliphatic carbocycles. The molecule has 0 spiro atoms. The molecule has 0 saturated carbocycles. The zero-order chi connectivity index (χ0) is 15.8. The molecule has 3 aromatic carbocycles. The SMILES string of the molecule is [2H]c1ccc2c(ccc3cc(-c4cc(C#N)ccn4)[c-]cc32)c1.[Ir]. The van der Waals surface area contributed by atoms with E-state index in [-0.39, 0.29) is 20.1 Å². The summed E-state index contributed by atoms with van der Waals surface area (Å²) in [5.41, 5.74) is 2.20. The van der Waals surface area contributed by atoms with Crippen LogP contribution in [0.2, 0.25) is 0 Å². The van der Waals surface area contributed by atoms with Crippen LogP contribution in [0.15, 0.2) is 66.8 Å². The Morgan fingerprint density at radius 1 is 1.04 bits per heavy atom. The van der Waals surface area contributed by atoms with Gasteiger partial charge in [0.25, 0.3) is 0 Å². The van der Waals surface area contributed by atoms with E-state index in [9.17, 15) is 0 Å². The minimum absolute atomic E-state index is 0. The maximum atomic E-state index is 9.02. The number of nitriles is 1. The minimum atomic E-state index is 0. The van der Waals surface area contributed by atoms with Gasteiger partial charge >= 0.3 is 0 Å². The van der Waals surface area contributed by atoms with Gasteiger partial charge in [-0.05, 0) is 17.1 Å². The second-order valence-corrected chi connectivity index (χ2v) is 5.10. The molecule has 0 unspecified atom stereocenters. The average molecular weight is 473 g/mol. The molecule has 0 aliphatic rings. The predicted octanol–water partition coefficient (Wildman–Crippen LogP) is 4.72. The van der Waals surface area contributed by atoms with E-state index in [4.69, 9.17) is 6.63 Å². The van der Waals surface area contributed by atoms with Crippen molar-refractivity contribution in [2.24, 2.45) is 0 Å². The van der Waals surface area contributed by atoms with Crippen molar-refractivity contribution >= 4 is 21.5 Å². The fourth-order valence-electron chi connectivity index (χ4n) is 2.68. The zero-order valence-electron chi connectivity index (χ0n) is 13.0. The first kappa shape index (κ1) is 14.1. The van der Waals surface area contributed by atoms with Crippen molar-refractivity contribution in [3.63, 3.8) is 0 Å². The smallest absolute Gasteiger partial charge is 0.0984 e. The third-order valence-electron chi connectivity index (χ3n) is 3.78. The molecular weight excluding hydrogens is 460 g/mol. The van der Waals surface area contributed by atoms with E-state index < -0.39 is 0 Å². The van der Waals surface area contributed by atoms with Crippen LogP contribution >= 0.6 is 0 Å². The van der Waals surface area contributed by atoms with Gasteiger partial charge < -0.3 is 4.98 Å². The largest absolute Gasteiger partial charge is 0.305 e. The maximum Gasteiger partial charge on any atom is 0.0984 e. The molecule has 0 saturated heterocycles. The zero-order valence-corrected chi connectivity index (χ0v) is 14.4. The molecule has 3 heteroatoms. The van der Waals surface area contributed by atoms with Crippen LogP contribution in [0, 0.1) is 17.4 Å². The van der Waals surface area contributed by atoms with Gasteiger partial charge in [0.05, 0.1) is 7.44 Å². The molecule has 2 nitrogen and oxygen atoms in total. The Hall–Kier alpha value is -2.53. The fourth-order valence-corrected chi connectivity index (χ4v) is 2.68. The second kappa shape index (κ2) is 6.30. The second-order valence-electron chi connectivity index (χ2n) is 5.10. The predicted molar refractivity (Wildman–Crippen MR) is 88.2 cm³/mol. The van der Waals surface area contributed by atoms with Gasteiger partial charge in [-0.15, -0.1) is 29.1 Å². The quantitative estimate of drug-likeness (QED) is 0.297. The summed E-state index contributed by atoms with van der Waals surface area (Å²) in [7, 11) is 0. The van der Waals surface area contributed by atoms with Crippen molar-refractivity contribution in [3.8, 4) is 17.3 Å². The summed E-state index contributed by atoms with van der Waals surface area (Å²) in [5, 5.41) is 13.4. The van der Waals surface area contributed by atoms with Crippen molar-refractivity contribution in [3.05, 3.63) is 78.5 Å². The topological polar surface area (TPSA) is 36.7 Å². The van der Waals surface area contributed by atoms with E-state index in [0.29, 0.717) is 11.6 Å².